The standard InChI is InChI=1S/C9H17NO2/c11-8-3-1-2-4-9(12)7-10-6-5-8/h9-10,12H,1-7H2. The Labute approximate surface area is 73.2 Å². The monoisotopic (exact) mass is 171 g/mol. The average Bonchev–Trinajstić information content (AvgIpc) is 2.06. The van der Waals surface area contributed by atoms with Crippen molar-refractivity contribution in [3.63, 3.8) is 0 Å². The van der Waals surface area contributed by atoms with Crippen LogP contribution in [-0.4, -0.2) is 30.1 Å². The third kappa shape index (κ3) is 3.83. The molecule has 0 aromatic heterocycles. The molecule has 0 amide bonds. The molecule has 70 valence electrons. The molecule has 3 heteroatoms. The molecule has 1 rings (SSSR count). The van der Waals surface area contributed by atoms with Gasteiger partial charge in [0, 0.05) is 25.9 Å². The molecule has 1 heterocycles. The Balaban J connectivity index is 2.25. The predicted molar refractivity (Wildman–Crippen MR) is 47.0 cm³/mol. The van der Waals surface area contributed by atoms with Crippen LogP contribution in [0, 0.1) is 0 Å². The van der Waals surface area contributed by atoms with Crippen LogP contribution in [0.1, 0.15) is 32.1 Å². The van der Waals surface area contributed by atoms with Crippen LogP contribution in [0.4, 0.5) is 0 Å². The molecule has 1 aliphatic heterocycles. The van der Waals surface area contributed by atoms with E-state index in [1.165, 1.54) is 0 Å². The number of carbonyl (C=O) groups is 1. The van der Waals surface area contributed by atoms with Crippen molar-refractivity contribution < 1.29 is 9.90 Å². The van der Waals surface area contributed by atoms with Crippen molar-refractivity contribution in [1.29, 1.82) is 0 Å². The molecule has 1 unspecified atom stereocenters. The van der Waals surface area contributed by atoms with Gasteiger partial charge in [-0.25, -0.2) is 0 Å². The number of rotatable bonds is 0. The van der Waals surface area contributed by atoms with E-state index in [-0.39, 0.29) is 6.10 Å². The Hall–Kier alpha value is -0.410. The fourth-order valence-electron chi connectivity index (χ4n) is 1.43. The Morgan fingerprint density at radius 2 is 2.17 bits per heavy atom. The van der Waals surface area contributed by atoms with Crippen LogP contribution >= 0.6 is 0 Å². The van der Waals surface area contributed by atoms with E-state index in [0.29, 0.717) is 25.2 Å². The third-order valence-electron chi connectivity index (χ3n) is 2.20. The minimum absolute atomic E-state index is 0.224. The molecule has 0 saturated carbocycles. The van der Waals surface area contributed by atoms with Crippen LogP contribution in [0.2, 0.25) is 0 Å². The van der Waals surface area contributed by atoms with Gasteiger partial charge in [-0.3, -0.25) is 4.79 Å². The lowest BCUT2D eigenvalue weighted by Crippen LogP contribution is -2.29. The average molecular weight is 171 g/mol. The minimum atomic E-state index is -0.224. The predicted octanol–water partition coefficient (Wildman–Crippen LogP) is 0.470. The Kier molecular flexibility index (Phi) is 4.25. The Bertz CT molecular complexity index is 133. The molecule has 0 aliphatic carbocycles. The summed E-state index contributed by atoms with van der Waals surface area (Å²) in [7, 11) is 0. The number of hydrogen-bond acceptors (Lipinski definition) is 3. The summed E-state index contributed by atoms with van der Waals surface area (Å²) in [6.07, 6.45) is 3.81. The zero-order chi connectivity index (χ0) is 8.81. The van der Waals surface area contributed by atoms with Gasteiger partial charge in [-0.2, -0.15) is 0 Å². The number of Topliss-reactive ketones (excluding diaryl/α,β-unsaturated/α-hetero) is 1. The summed E-state index contributed by atoms with van der Waals surface area (Å²) in [5.41, 5.74) is 0. The highest BCUT2D eigenvalue weighted by molar-refractivity contribution is 5.78. The van der Waals surface area contributed by atoms with Crippen LogP contribution in [0.25, 0.3) is 0 Å². The molecule has 2 N–H and O–H groups in total. The molecule has 1 fully saturated rings. The summed E-state index contributed by atoms with van der Waals surface area (Å²) in [6.45, 7) is 1.35. The van der Waals surface area contributed by atoms with E-state index in [2.05, 4.69) is 5.32 Å². The Morgan fingerprint density at radius 1 is 1.33 bits per heavy atom. The summed E-state index contributed by atoms with van der Waals surface area (Å²) < 4.78 is 0. The smallest absolute Gasteiger partial charge is 0.134 e. The summed E-state index contributed by atoms with van der Waals surface area (Å²) in [5.74, 6) is 0.346. The van der Waals surface area contributed by atoms with Crippen LogP contribution in [-0.2, 0) is 4.79 Å². The van der Waals surface area contributed by atoms with Crippen molar-refractivity contribution in [2.45, 2.75) is 38.2 Å². The number of hydrogen-bond donors (Lipinski definition) is 2. The molecule has 0 bridgehead atoms. The number of β-amino-alcohol motifs (C(OH)–C–C–N with tert-alkyl or cyclic N) is 1. The molecule has 1 saturated heterocycles. The molecule has 0 aromatic rings. The van der Waals surface area contributed by atoms with Gasteiger partial charge in [-0.15, -0.1) is 0 Å². The zero-order valence-corrected chi connectivity index (χ0v) is 7.38. The molecule has 0 aromatic carbocycles. The van der Waals surface area contributed by atoms with Crippen LogP contribution < -0.4 is 5.32 Å². The lowest BCUT2D eigenvalue weighted by atomic mass is 10.1. The quantitative estimate of drug-likeness (QED) is 0.557. The molecule has 1 atom stereocenters. The first kappa shape index (κ1) is 9.68. The first-order valence-corrected chi connectivity index (χ1v) is 4.69. The van der Waals surface area contributed by atoms with Crippen LogP contribution in [0.5, 0.6) is 0 Å². The van der Waals surface area contributed by atoms with Crippen LogP contribution in [0.15, 0.2) is 0 Å². The van der Waals surface area contributed by atoms with E-state index >= 15 is 0 Å². The number of aliphatic hydroxyl groups excluding tert-OH is 1. The van der Waals surface area contributed by atoms with Crippen molar-refractivity contribution in [2.24, 2.45) is 0 Å². The largest absolute Gasteiger partial charge is 0.392 e. The SMILES string of the molecule is O=C1CCCCC(O)CNCC1. The van der Waals surface area contributed by atoms with Gasteiger partial charge in [-0.1, -0.05) is 6.42 Å². The van der Waals surface area contributed by atoms with Gasteiger partial charge in [0.2, 0.25) is 0 Å². The summed E-state index contributed by atoms with van der Waals surface area (Å²) >= 11 is 0. The highest BCUT2D eigenvalue weighted by atomic mass is 16.3. The van der Waals surface area contributed by atoms with Gasteiger partial charge in [0.15, 0.2) is 0 Å². The van der Waals surface area contributed by atoms with Crippen molar-refractivity contribution in [3.05, 3.63) is 0 Å². The normalized spacial score (nSPS) is 28.4. The van der Waals surface area contributed by atoms with Crippen molar-refractivity contribution in [2.75, 3.05) is 13.1 Å². The van der Waals surface area contributed by atoms with Gasteiger partial charge in [0.05, 0.1) is 6.10 Å². The summed E-state index contributed by atoms with van der Waals surface area (Å²) in [4.78, 5) is 11.1. The molecule has 12 heavy (non-hydrogen) atoms. The maximum absolute atomic E-state index is 11.1. The van der Waals surface area contributed by atoms with E-state index in [4.69, 9.17) is 0 Å². The van der Waals surface area contributed by atoms with E-state index in [9.17, 15) is 9.90 Å². The zero-order valence-electron chi connectivity index (χ0n) is 7.38. The topological polar surface area (TPSA) is 49.3 Å². The Morgan fingerprint density at radius 3 is 3.00 bits per heavy atom. The van der Waals surface area contributed by atoms with E-state index in [1.54, 1.807) is 0 Å². The minimum Gasteiger partial charge on any atom is -0.392 e. The molecule has 0 spiro atoms. The molecule has 1 aliphatic rings. The molecular formula is C9H17NO2. The molecule has 0 radical (unpaired) electrons. The molecule has 3 nitrogen and oxygen atoms in total. The maximum atomic E-state index is 11.1. The second-order valence-corrected chi connectivity index (χ2v) is 3.39. The lowest BCUT2D eigenvalue weighted by molar-refractivity contribution is -0.119. The van der Waals surface area contributed by atoms with Gasteiger partial charge in [-0.05, 0) is 12.8 Å². The van der Waals surface area contributed by atoms with Gasteiger partial charge < -0.3 is 10.4 Å². The van der Waals surface area contributed by atoms with E-state index in [1.807, 2.05) is 0 Å². The lowest BCUT2D eigenvalue weighted by Gasteiger charge is -2.13. The first-order chi connectivity index (χ1) is 5.79. The van der Waals surface area contributed by atoms with E-state index < -0.39 is 0 Å². The molecular weight excluding hydrogens is 154 g/mol. The van der Waals surface area contributed by atoms with Gasteiger partial charge in [0.1, 0.15) is 5.78 Å². The second kappa shape index (κ2) is 5.27. The highest BCUT2D eigenvalue weighted by Gasteiger charge is 2.08. The van der Waals surface area contributed by atoms with Crippen molar-refractivity contribution in [1.82, 2.24) is 5.32 Å². The van der Waals surface area contributed by atoms with E-state index in [0.717, 1.165) is 25.8 Å². The summed E-state index contributed by atoms with van der Waals surface area (Å²) in [5, 5.41) is 12.4. The number of aliphatic hydroxyl groups is 1. The van der Waals surface area contributed by atoms with Gasteiger partial charge >= 0.3 is 0 Å². The van der Waals surface area contributed by atoms with Gasteiger partial charge in [0.25, 0.3) is 0 Å². The van der Waals surface area contributed by atoms with Crippen molar-refractivity contribution >= 4 is 5.78 Å². The number of carbonyl (C=O) groups excluding carboxylic acids is 1. The van der Waals surface area contributed by atoms with Crippen LogP contribution in [0.3, 0.4) is 0 Å². The maximum Gasteiger partial charge on any atom is 0.134 e. The van der Waals surface area contributed by atoms with Crippen molar-refractivity contribution in [3.8, 4) is 0 Å². The number of ketones is 1. The third-order valence-corrected chi connectivity index (χ3v) is 2.20. The first-order valence-electron chi connectivity index (χ1n) is 4.69. The fraction of sp³-hybridized carbons (Fsp3) is 0.889. The highest BCUT2D eigenvalue weighted by Crippen LogP contribution is 2.06. The second-order valence-electron chi connectivity index (χ2n) is 3.39. The summed E-state index contributed by atoms with van der Waals surface area (Å²) in [6, 6.07) is 0. The fourth-order valence-corrected chi connectivity index (χ4v) is 1.43. The number of nitrogens with one attached hydrogen (secondary N) is 1.